The van der Waals surface area contributed by atoms with Gasteiger partial charge in [0.05, 0.1) is 0 Å². The van der Waals surface area contributed by atoms with Crippen LogP contribution in [0.4, 0.5) is 11.4 Å². The third-order valence-corrected chi connectivity index (χ3v) is 4.44. The number of anilines is 2. The van der Waals surface area contributed by atoms with Gasteiger partial charge >= 0.3 is 0 Å². The fourth-order valence-electron chi connectivity index (χ4n) is 2.90. The first-order valence-corrected chi connectivity index (χ1v) is 8.24. The molecule has 5 heteroatoms. The van der Waals surface area contributed by atoms with Crippen LogP contribution in [0.2, 0.25) is 0 Å². The standard InChI is InChI=1S/C19H19N3O2/c23-18(12-4-5-12)21-16-2-1-3-17(9-16)22-19(24)13-6-7-14-10-20-11-15(14)8-13/h1-3,6-9,12,20H,4-5,10-11H2,(H,21,23)(H,22,24). The number of rotatable bonds is 4. The van der Waals surface area contributed by atoms with E-state index in [4.69, 9.17) is 0 Å². The minimum Gasteiger partial charge on any atom is -0.326 e. The third-order valence-electron chi connectivity index (χ3n) is 4.44. The van der Waals surface area contributed by atoms with E-state index in [2.05, 4.69) is 16.0 Å². The maximum absolute atomic E-state index is 12.4. The summed E-state index contributed by atoms with van der Waals surface area (Å²) in [4.78, 5) is 24.3. The zero-order valence-electron chi connectivity index (χ0n) is 13.3. The molecule has 1 aliphatic carbocycles. The van der Waals surface area contributed by atoms with Crippen molar-refractivity contribution >= 4 is 23.2 Å². The molecule has 122 valence electrons. The predicted molar refractivity (Wildman–Crippen MR) is 92.7 cm³/mol. The van der Waals surface area contributed by atoms with Crippen LogP contribution in [0, 0.1) is 5.92 Å². The highest BCUT2D eigenvalue weighted by molar-refractivity contribution is 6.05. The summed E-state index contributed by atoms with van der Waals surface area (Å²) in [5, 5.41) is 9.06. The van der Waals surface area contributed by atoms with E-state index in [1.807, 2.05) is 36.4 Å². The number of carbonyl (C=O) groups is 2. The van der Waals surface area contributed by atoms with E-state index in [9.17, 15) is 9.59 Å². The molecule has 1 fully saturated rings. The summed E-state index contributed by atoms with van der Waals surface area (Å²) in [6.07, 6.45) is 1.94. The van der Waals surface area contributed by atoms with Crippen LogP contribution in [0.1, 0.15) is 34.3 Å². The number of hydrogen-bond donors (Lipinski definition) is 3. The van der Waals surface area contributed by atoms with Gasteiger partial charge in [-0.25, -0.2) is 0 Å². The molecular formula is C19H19N3O2. The van der Waals surface area contributed by atoms with E-state index in [0.29, 0.717) is 16.9 Å². The van der Waals surface area contributed by atoms with Crippen LogP contribution >= 0.6 is 0 Å². The first kappa shape index (κ1) is 14.9. The molecule has 0 aromatic heterocycles. The van der Waals surface area contributed by atoms with E-state index in [-0.39, 0.29) is 17.7 Å². The fraction of sp³-hybridized carbons (Fsp3) is 0.263. The van der Waals surface area contributed by atoms with Crippen molar-refractivity contribution < 1.29 is 9.59 Å². The zero-order valence-corrected chi connectivity index (χ0v) is 13.3. The van der Waals surface area contributed by atoms with E-state index in [0.717, 1.165) is 25.9 Å². The lowest BCUT2D eigenvalue weighted by Gasteiger charge is -2.09. The lowest BCUT2D eigenvalue weighted by atomic mass is 10.1. The normalized spacial score (nSPS) is 15.7. The molecule has 0 atom stereocenters. The maximum Gasteiger partial charge on any atom is 0.255 e. The zero-order chi connectivity index (χ0) is 16.5. The van der Waals surface area contributed by atoms with E-state index < -0.39 is 0 Å². The van der Waals surface area contributed by atoms with E-state index >= 15 is 0 Å². The highest BCUT2D eigenvalue weighted by Gasteiger charge is 2.29. The van der Waals surface area contributed by atoms with E-state index in [1.165, 1.54) is 11.1 Å². The Morgan fingerprint density at radius 3 is 2.46 bits per heavy atom. The molecule has 0 saturated heterocycles. The summed E-state index contributed by atoms with van der Waals surface area (Å²) in [5.74, 6) is 0.0724. The summed E-state index contributed by atoms with van der Waals surface area (Å²) in [6, 6.07) is 13.0. The average Bonchev–Trinajstić information content (AvgIpc) is 3.33. The second-order valence-electron chi connectivity index (χ2n) is 6.39. The van der Waals surface area contributed by atoms with Crippen LogP contribution < -0.4 is 16.0 Å². The minimum atomic E-state index is -0.143. The summed E-state index contributed by atoms with van der Waals surface area (Å²) in [7, 11) is 0. The molecule has 24 heavy (non-hydrogen) atoms. The molecule has 2 aromatic carbocycles. The van der Waals surface area contributed by atoms with Crippen LogP contribution in [0.15, 0.2) is 42.5 Å². The highest BCUT2D eigenvalue weighted by Crippen LogP contribution is 2.30. The molecule has 5 nitrogen and oxygen atoms in total. The van der Waals surface area contributed by atoms with Gasteiger partial charge < -0.3 is 16.0 Å². The first-order chi connectivity index (χ1) is 11.7. The minimum absolute atomic E-state index is 0.0598. The van der Waals surface area contributed by atoms with Gasteiger partial charge in [-0.3, -0.25) is 9.59 Å². The summed E-state index contributed by atoms with van der Waals surface area (Å²) < 4.78 is 0. The first-order valence-electron chi connectivity index (χ1n) is 8.24. The van der Waals surface area contributed by atoms with Crippen molar-refractivity contribution in [2.45, 2.75) is 25.9 Å². The lowest BCUT2D eigenvalue weighted by molar-refractivity contribution is -0.117. The van der Waals surface area contributed by atoms with Crippen LogP contribution in [0.3, 0.4) is 0 Å². The van der Waals surface area contributed by atoms with Gasteiger partial charge in [0, 0.05) is 35.9 Å². The Morgan fingerprint density at radius 1 is 0.917 bits per heavy atom. The van der Waals surface area contributed by atoms with Crippen molar-refractivity contribution in [2.75, 3.05) is 10.6 Å². The van der Waals surface area contributed by atoms with Gasteiger partial charge in [0.15, 0.2) is 0 Å². The largest absolute Gasteiger partial charge is 0.326 e. The van der Waals surface area contributed by atoms with Crippen molar-refractivity contribution in [1.29, 1.82) is 0 Å². The predicted octanol–water partition coefficient (Wildman–Crippen LogP) is 2.89. The molecule has 4 rings (SSSR count). The Labute approximate surface area is 140 Å². The Morgan fingerprint density at radius 2 is 1.67 bits per heavy atom. The SMILES string of the molecule is O=C(Nc1cccc(NC(=O)C2CC2)c1)c1ccc2c(c1)CNC2. The molecule has 1 heterocycles. The molecule has 2 amide bonds. The van der Waals surface area contributed by atoms with Crippen LogP contribution in [0.25, 0.3) is 0 Å². The quantitative estimate of drug-likeness (QED) is 0.811. The third kappa shape index (κ3) is 3.16. The van der Waals surface area contributed by atoms with Gasteiger partial charge in [-0.2, -0.15) is 0 Å². The molecule has 2 aliphatic rings. The monoisotopic (exact) mass is 321 g/mol. The van der Waals surface area contributed by atoms with Crippen molar-refractivity contribution in [3.05, 3.63) is 59.2 Å². The highest BCUT2D eigenvalue weighted by atomic mass is 16.2. The Bertz CT molecular complexity index is 812. The molecule has 0 bridgehead atoms. The van der Waals surface area contributed by atoms with Gasteiger partial charge in [0.2, 0.25) is 5.91 Å². The van der Waals surface area contributed by atoms with Gasteiger partial charge in [-0.05, 0) is 54.3 Å². The fourth-order valence-corrected chi connectivity index (χ4v) is 2.90. The molecule has 0 unspecified atom stereocenters. The number of carbonyl (C=O) groups excluding carboxylic acids is 2. The second-order valence-corrected chi connectivity index (χ2v) is 6.39. The summed E-state index contributed by atoms with van der Waals surface area (Å²) in [5.41, 5.74) is 4.45. The maximum atomic E-state index is 12.4. The Balaban J connectivity index is 1.46. The van der Waals surface area contributed by atoms with E-state index in [1.54, 1.807) is 6.07 Å². The Hall–Kier alpha value is -2.66. The molecule has 1 aliphatic heterocycles. The number of amides is 2. The van der Waals surface area contributed by atoms with Gasteiger partial charge in [0.1, 0.15) is 0 Å². The Kier molecular flexibility index (Phi) is 3.78. The number of benzene rings is 2. The molecule has 1 saturated carbocycles. The molecular weight excluding hydrogens is 302 g/mol. The average molecular weight is 321 g/mol. The number of fused-ring (bicyclic) bond motifs is 1. The van der Waals surface area contributed by atoms with Crippen LogP contribution in [-0.4, -0.2) is 11.8 Å². The smallest absolute Gasteiger partial charge is 0.255 e. The molecule has 3 N–H and O–H groups in total. The van der Waals surface area contributed by atoms with Gasteiger partial charge in [-0.15, -0.1) is 0 Å². The second kappa shape index (κ2) is 6.09. The van der Waals surface area contributed by atoms with Crippen LogP contribution in [0.5, 0.6) is 0 Å². The molecule has 0 spiro atoms. The van der Waals surface area contributed by atoms with Crippen molar-refractivity contribution in [2.24, 2.45) is 5.92 Å². The topological polar surface area (TPSA) is 70.2 Å². The van der Waals surface area contributed by atoms with Gasteiger partial charge in [0.25, 0.3) is 5.91 Å². The van der Waals surface area contributed by atoms with Crippen molar-refractivity contribution in [1.82, 2.24) is 5.32 Å². The summed E-state index contributed by atoms with van der Waals surface area (Å²) >= 11 is 0. The number of hydrogen-bond acceptors (Lipinski definition) is 3. The van der Waals surface area contributed by atoms with Crippen molar-refractivity contribution in [3.8, 4) is 0 Å². The van der Waals surface area contributed by atoms with Gasteiger partial charge in [-0.1, -0.05) is 12.1 Å². The van der Waals surface area contributed by atoms with Crippen LogP contribution in [-0.2, 0) is 17.9 Å². The molecule has 0 radical (unpaired) electrons. The van der Waals surface area contributed by atoms with Crippen molar-refractivity contribution in [3.63, 3.8) is 0 Å². The summed E-state index contributed by atoms with van der Waals surface area (Å²) in [6.45, 7) is 1.67. The number of nitrogens with one attached hydrogen (secondary N) is 3. The lowest BCUT2D eigenvalue weighted by Crippen LogP contribution is -2.15. The molecule has 2 aromatic rings.